The molecule has 1 fully saturated rings. The summed E-state index contributed by atoms with van der Waals surface area (Å²) in [6.07, 6.45) is 2.41. The molecule has 17 heavy (non-hydrogen) atoms. The Kier molecular flexibility index (Phi) is 2.67. The number of halogens is 1. The van der Waals surface area contributed by atoms with Gasteiger partial charge in [0.05, 0.1) is 15.0 Å². The van der Waals surface area contributed by atoms with Crippen molar-refractivity contribution >= 4 is 33.1 Å². The lowest BCUT2D eigenvalue weighted by atomic mass is 10.2. The van der Waals surface area contributed by atoms with E-state index in [9.17, 15) is 0 Å². The van der Waals surface area contributed by atoms with Crippen LogP contribution in [0.5, 0.6) is 0 Å². The normalized spacial score (nSPS) is 15.2. The van der Waals surface area contributed by atoms with Gasteiger partial charge in [0.25, 0.3) is 0 Å². The van der Waals surface area contributed by atoms with Gasteiger partial charge in [-0.1, -0.05) is 0 Å². The molecular weight excluding hydrogens is 298 g/mol. The first-order valence-corrected chi connectivity index (χ1v) is 7.16. The summed E-state index contributed by atoms with van der Waals surface area (Å²) in [5.41, 5.74) is 7.01. The molecule has 0 bridgehead atoms. The van der Waals surface area contributed by atoms with Crippen LogP contribution in [-0.4, -0.2) is 9.97 Å². The molecule has 3 nitrogen and oxygen atoms in total. The highest BCUT2D eigenvalue weighted by atomic mass is 79.9. The van der Waals surface area contributed by atoms with Crippen molar-refractivity contribution in [3.8, 4) is 10.7 Å². The number of hydrogen-bond donors (Lipinski definition) is 1. The summed E-state index contributed by atoms with van der Waals surface area (Å²) in [4.78, 5) is 11.4. The molecule has 2 aromatic heterocycles. The molecule has 0 aromatic carbocycles. The first kappa shape index (κ1) is 11.2. The van der Waals surface area contributed by atoms with Crippen LogP contribution in [-0.2, 0) is 0 Å². The maximum absolute atomic E-state index is 5.94. The summed E-state index contributed by atoms with van der Waals surface area (Å²) in [6, 6.07) is 4.14. The number of aryl methyl sites for hydroxylation is 1. The number of thiophene rings is 1. The molecule has 88 valence electrons. The highest BCUT2D eigenvalue weighted by Gasteiger charge is 2.29. The van der Waals surface area contributed by atoms with Crippen LogP contribution in [0, 0.1) is 6.92 Å². The van der Waals surface area contributed by atoms with Crippen molar-refractivity contribution in [2.45, 2.75) is 25.7 Å². The van der Waals surface area contributed by atoms with Crippen LogP contribution in [0.25, 0.3) is 10.7 Å². The van der Waals surface area contributed by atoms with E-state index in [0.717, 1.165) is 20.9 Å². The van der Waals surface area contributed by atoms with Gasteiger partial charge in [-0.05, 0) is 47.8 Å². The Balaban J connectivity index is 2.11. The Labute approximate surface area is 112 Å². The molecule has 2 N–H and O–H groups in total. The molecule has 0 spiro atoms. The van der Waals surface area contributed by atoms with Crippen molar-refractivity contribution in [2.24, 2.45) is 0 Å². The molecule has 0 amide bonds. The summed E-state index contributed by atoms with van der Waals surface area (Å²) in [5.74, 6) is 1.86. The van der Waals surface area contributed by atoms with E-state index < -0.39 is 0 Å². The van der Waals surface area contributed by atoms with E-state index in [2.05, 4.69) is 45.0 Å². The van der Waals surface area contributed by atoms with Crippen molar-refractivity contribution in [3.05, 3.63) is 27.2 Å². The minimum absolute atomic E-state index is 0.544. The zero-order valence-corrected chi connectivity index (χ0v) is 11.8. The van der Waals surface area contributed by atoms with Crippen LogP contribution in [0.3, 0.4) is 0 Å². The fourth-order valence-electron chi connectivity index (χ4n) is 1.77. The van der Waals surface area contributed by atoms with E-state index >= 15 is 0 Å². The van der Waals surface area contributed by atoms with Crippen LogP contribution < -0.4 is 5.73 Å². The lowest BCUT2D eigenvalue weighted by Crippen LogP contribution is -2.01. The number of nitrogens with zero attached hydrogens (tertiary/aromatic N) is 2. The molecule has 5 heteroatoms. The highest BCUT2D eigenvalue weighted by Crippen LogP contribution is 2.44. The Morgan fingerprint density at radius 2 is 2.12 bits per heavy atom. The van der Waals surface area contributed by atoms with E-state index in [1.54, 1.807) is 11.3 Å². The van der Waals surface area contributed by atoms with E-state index in [1.807, 2.05) is 0 Å². The smallest absolute Gasteiger partial charge is 0.171 e. The van der Waals surface area contributed by atoms with Crippen molar-refractivity contribution in [3.63, 3.8) is 0 Å². The molecule has 2 heterocycles. The number of nitrogens with two attached hydrogens (primary N) is 1. The lowest BCUT2D eigenvalue weighted by molar-refractivity contribution is 0.986. The standard InChI is InChI=1S/C12H12BrN3S/c1-6-2-5-8(17-6)12-15-10(7-3-4-7)9(13)11(14)16-12/h2,5,7H,3-4H2,1H3,(H2,14,15,16). The molecule has 0 radical (unpaired) electrons. The van der Waals surface area contributed by atoms with Crippen LogP contribution in [0.2, 0.25) is 0 Å². The van der Waals surface area contributed by atoms with Crippen molar-refractivity contribution < 1.29 is 0 Å². The van der Waals surface area contributed by atoms with Gasteiger partial charge in [-0.15, -0.1) is 11.3 Å². The van der Waals surface area contributed by atoms with Gasteiger partial charge >= 0.3 is 0 Å². The van der Waals surface area contributed by atoms with Crippen molar-refractivity contribution in [1.29, 1.82) is 0 Å². The topological polar surface area (TPSA) is 51.8 Å². The van der Waals surface area contributed by atoms with Crippen LogP contribution in [0.15, 0.2) is 16.6 Å². The maximum atomic E-state index is 5.94. The van der Waals surface area contributed by atoms with Gasteiger partial charge in [0, 0.05) is 10.8 Å². The van der Waals surface area contributed by atoms with Gasteiger partial charge in [0.1, 0.15) is 5.82 Å². The number of rotatable bonds is 2. The Hall–Kier alpha value is -0.940. The van der Waals surface area contributed by atoms with Gasteiger partial charge in [-0.3, -0.25) is 0 Å². The molecule has 3 rings (SSSR count). The molecule has 1 saturated carbocycles. The molecule has 0 atom stereocenters. The number of nitrogen functional groups attached to an aromatic ring is 1. The fraction of sp³-hybridized carbons (Fsp3) is 0.333. The highest BCUT2D eigenvalue weighted by molar-refractivity contribution is 9.10. The number of aromatic nitrogens is 2. The van der Waals surface area contributed by atoms with Crippen LogP contribution in [0.4, 0.5) is 5.82 Å². The quantitative estimate of drug-likeness (QED) is 0.919. The second-order valence-corrected chi connectivity index (χ2v) is 6.40. The van der Waals surface area contributed by atoms with Crippen molar-refractivity contribution in [1.82, 2.24) is 9.97 Å². The molecular formula is C12H12BrN3S. The summed E-state index contributed by atoms with van der Waals surface area (Å²) < 4.78 is 0.872. The van der Waals surface area contributed by atoms with Crippen molar-refractivity contribution in [2.75, 3.05) is 5.73 Å². The summed E-state index contributed by atoms with van der Waals surface area (Å²) in [6.45, 7) is 2.08. The third-order valence-electron chi connectivity index (χ3n) is 2.83. The van der Waals surface area contributed by atoms with Gasteiger partial charge in [0.15, 0.2) is 5.82 Å². The van der Waals surface area contributed by atoms with E-state index in [-0.39, 0.29) is 0 Å². The average Bonchev–Trinajstić information content (AvgIpc) is 3.05. The van der Waals surface area contributed by atoms with Gasteiger partial charge in [0.2, 0.25) is 0 Å². The second kappa shape index (κ2) is 4.07. The summed E-state index contributed by atoms with van der Waals surface area (Å²) in [5, 5.41) is 0. The molecule has 0 unspecified atom stereocenters. The fourth-order valence-corrected chi connectivity index (χ4v) is 3.08. The number of anilines is 1. The van der Waals surface area contributed by atoms with Crippen LogP contribution >= 0.6 is 27.3 Å². The summed E-state index contributed by atoms with van der Waals surface area (Å²) >= 11 is 5.19. The van der Waals surface area contributed by atoms with E-state index in [1.165, 1.54) is 17.7 Å². The zero-order chi connectivity index (χ0) is 12.0. The molecule has 0 aliphatic heterocycles. The third-order valence-corrected chi connectivity index (χ3v) is 4.64. The van der Waals surface area contributed by atoms with Gasteiger partial charge in [-0.2, -0.15) is 0 Å². The first-order valence-electron chi connectivity index (χ1n) is 5.55. The second-order valence-electron chi connectivity index (χ2n) is 4.32. The molecule has 0 saturated heterocycles. The lowest BCUT2D eigenvalue weighted by Gasteiger charge is -2.06. The molecule has 2 aromatic rings. The van der Waals surface area contributed by atoms with Gasteiger partial charge in [-0.25, -0.2) is 9.97 Å². The largest absolute Gasteiger partial charge is 0.383 e. The monoisotopic (exact) mass is 309 g/mol. The van der Waals surface area contributed by atoms with E-state index in [4.69, 9.17) is 5.73 Å². The minimum atomic E-state index is 0.544. The Bertz CT molecular complexity index is 575. The predicted octanol–water partition coefficient (Wildman–Crippen LogP) is 3.74. The van der Waals surface area contributed by atoms with E-state index in [0.29, 0.717) is 11.7 Å². The van der Waals surface area contributed by atoms with Gasteiger partial charge < -0.3 is 5.73 Å². The Morgan fingerprint density at radius 1 is 1.35 bits per heavy atom. The minimum Gasteiger partial charge on any atom is -0.383 e. The maximum Gasteiger partial charge on any atom is 0.171 e. The summed E-state index contributed by atoms with van der Waals surface area (Å²) in [7, 11) is 0. The number of hydrogen-bond acceptors (Lipinski definition) is 4. The predicted molar refractivity (Wildman–Crippen MR) is 74.2 cm³/mol. The SMILES string of the molecule is Cc1ccc(-c2nc(N)c(Br)c(C3CC3)n2)s1. The first-order chi connectivity index (χ1) is 8.15. The third kappa shape index (κ3) is 2.09. The molecule has 1 aliphatic rings. The Morgan fingerprint density at radius 3 is 2.71 bits per heavy atom. The van der Waals surface area contributed by atoms with Crippen LogP contribution in [0.1, 0.15) is 29.3 Å². The average molecular weight is 310 g/mol. The molecule has 1 aliphatic carbocycles. The zero-order valence-electron chi connectivity index (χ0n) is 9.40.